The van der Waals surface area contributed by atoms with Crippen LogP contribution in [0.5, 0.6) is 17.2 Å². The zero-order valence-corrected chi connectivity index (χ0v) is 19.1. The van der Waals surface area contributed by atoms with E-state index in [0.717, 1.165) is 27.8 Å². The molecule has 0 saturated heterocycles. The molecule has 6 nitrogen and oxygen atoms in total. The van der Waals surface area contributed by atoms with Crippen molar-refractivity contribution >= 4 is 16.8 Å². The van der Waals surface area contributed by atoms with Gasteiger partial charge in [0.25, 0.3) is 5.91 Å². The van der Waals surface area contributed by atoms with Crippen LogP contribution >= 0.6 is 0 Å². The van der Waals surface area contributed by atoms with E-state index in [1.807, 2.05) is 49.5 Å². The fraction of sp³-hybridized carbons (Fsp3) is 0.222. The minimum atomic E-state index is -0.169. The maximum absolute atomic E-state index is 13.0. The molecule has 6 heteroatoms. The van der Waals surface area contributed by atoms with Crippen LogP contribution in [0.25, 0.3) is 10.9 Å². The van der Waals surface area contributed by atoms with Gasteiger partial charge in [-0.3, -0.25) is 4.79 Å². The van der Waals surface area contributed by atoms with E-state index in [9.17, 15) is 4.79 Å². The highest BCUT2D eigenvalue weighted by atomic mass is 16.5. The lowest BCUT2D eigenvalue weighted by molar-refractivity contribution is 0.0952. The second-order valence-corrected chi connectivity index (χ2v) is 7.62. The van der Waals surface area contributed by atoms with Crippen LogP contribution in [0, 0.1) is 0 Å². The summed E-state index contributed by atoms with van der Waals surface area (Å²) in [6.07, 6.45) is 2.02. The Morgan fingerprint density at radius 3 is 2.48 bits per heavy atom. The highest BCUT2D eigenvalue weighted by Crippen LogP contribution is 2.32. The molecule has 3 aromatic carbocycles. The number of hydrogen-bond donors (Lipinski definition) is 2. The predicted molar refractivity (Wildman–Crippen MR) is 130 cm³/mol. The number of carbonyl (C=O) groups is 1. The Hall–Kier alpha value is -3.93. The van der Waals surface area contributed by atoms with Gasteiger partial charge in [-0.05, 0) is 54.4 Å². The number of H-pyrrole nitrogens is 1. The molecular weight excluding hydrogens is 416 g/mol. The average Bonchev–Trinajstić information content (AvgIpc) is 3.28. The lowest BCUT2D eigenvalue weighted by atomic mass is 9.90. The lowest BCUT2D eigenvalue weighted by Crippen LogP contribution is -2.29. The van der Waals surface area contributed by atoms with E-state index in [-0.39, 0.29) is 11.8 Å². The number of para-hydroxylation sites is 1. The third-order valence-corrected chi connectivity index (χ3v) is 5.71. The van der Waals surface area contributed by atoms with Gasteiger partial charge in [-0.1, -0.05) is 30.3 Å². The van der Waals surface area contributed by atoms with Gasteiger partial charge >= 0.3 is 0 Å². The number of methoxy groups -OCH3 is 2. The van der Waals surface area contributed by atoms with E-state index in [2.05, 4.69) is 22.4 Å². The van der Waals surface area contributed by atoms with Crippen LogP contribution in [0.15, 0.2) is 72.9 Å². The van der Waals surface area contributed by atoms with Crippen LogP contribution in [-0.2, 0) is 0 Å². The molecule has 2 N–H and O–H groups in total. The van der Waals surface area contributed by atoms with Gasteiger partial charge in [0.05, 0.1) is 20.8 Å². The van der Waals surface area contributed by atoms with Crippen LogP contribution < -0.4 is 19.5 Å². The summed E-state index contributed by atoms with van der Waals surface area (Å²) in [4.78, 5) is 16.4. The molecule has 4 rings (SSSR count). The van der Waals surface area contributed by atoms with Crippen LogP contribution in [0.3, 0.4) is 0 Å². The maximum atomic E-state index is 13.0. The van der Waals surface area contributed by atoms with E-state index in [0.29, 0.717) is 30.2 Å². The van der Waals surface area contributed by atoms with Crippen molar-refractivity contribution in [2.24, 2.45) is 0 Å². The van der Waals surface area contributed by atoms with Crippen molar-refractivity contribution in [2.75, 3.05) is 27.4 Å². The normalized spacial score (nSPS) is 11.7. The summed E-state index contributed by atoms with van der Waals surface area (Å²) in [6, 6.07) is 21.3. The molecule has 1 amide bonds. The number of nitrogens with one attached hydrogen (secondary N) is 2. The SMILES string of the molecule is CCOc1cc(C(=O)NCC(c2ccc(OC)cc2)c2c[nH]c3ccccc23)ccc1OC. The Morgan fingerprint density at radius 1 is 0.970 bits per heavy atom. The van der Waals surface area contributed by atoms with Crippen molar-refractivity contribution in [3.8, 4) is 17.2 Å². The van der Waals surface area contributed by atoms with Gasteiger partial charge < -0.3 is 24.5 Å². The Kier molecular flexibility index (Phi) is 6.83. The number of ether oxygens (including phenoxy) is 3. The smallest absolute Gasteiger partial charge is 0.251 e. The molecule has 0 radical (unpaired) electrons. The third kappa shape index (κ3) is 4.80. The first-order chi connectivity index (χ1) is 16.1. The van der Waals surface area contributed by atoms with Gasteiger partial charge in [0.2, 0.25) is 0 Å². The number of amides is 1. The molecule has 33 heavy (non-hydrogen) atoms. The molecule has 0 saturated carbocycles. The summed E-state index contributed by atoms with van der Waals surface area (Å²) in [5.74, 6) is 1.74. The molecule has 0 spiro atoms. The monoisotopic (exact) mass is 444 g/mol. The first kappa shape index (κ1) is 22.3. The standard InChI is InChI=1S/C27H28N2O4/c1-4-33-26-15-19(11-14-25(26)32-3)27(30)29-16-22(18-9-12-20(31-2)13-10-18)23-17-28-24-8-6-5-7-21(23)24/h5-15,17,22,28H,4,16H2,1-3H3,(H,29,30). The molecule has 1 aromatic heterocycles. The number of aromatic amines is 1. The molecule has 0 fully saturated rings. The lowest BCUT2D eigenvalue weighted by Gasteiger charge is -2.19. The van der Waals surface area contributed by atoms with E-state index in [4.69, 9.17) is 14.2 Å². The van der Waals surface area contributed by atoms with Crippen molar-refractivity contribution in [3.05, 3.63) is 89.6 Å². The van der Waals surface area contributed by atoms with Crippen molar-refractivity contribution in [1.82, 2.24) is 10.3 Å². The van der Waals surface area contributed by atoms with Gasteiger partial charge in [0.1, 0.15) is 5.75 Å². The molecule has 170 valence electrons. The molecule has 0 aliphatic carbocycles. The predicted octanol–water partition coefficient (Wildman–Crippen LogP) is 5.15. The zero-order chi connectivity index (χ0) is 23.2. The minimum Gasteiger partial charge on any atom is -0.497 e. The molecule has 0 aliphatic rings. The van der Waals surface area contributed by atoms with Crippen molar-refractivity contribution < 1.29 is 19.0 Å². The van der Waals surface area contributed by atoms with E-state index >= 15 is 0 Å². The fourth-order valence-electron chi connectivity index (χ4n) is 4.01. The molecule has 1 heterocycles. The quantitative estimate of drug-likeness (QED) is 0.375. The van der Waals surface area contributed by atoms with Crippen LogP contribution in [0.1, 0.15) is 34.3 Å². The summed E-state index contributed by atoms with van der Waals surface area (Å²) in [6.45, 7) is 2.82. The van der Waals surface area contributed by atoms with Crippen molar-refractivity contribution in [3.63, 3.8) is 0 Å². The Bertz CT molecular complexity index is 1230. The van der Waals surface area contributed by atoms with Crippen LogP contribution in [0.4, 0.5) is 0 Å². The molecule has 1 atom stereocenters. The van der Waals surface area contributed by atoms with Gasteiger partial charge in [0.15, 0.2) is 11.5 Å². The maximum Gasteiger partial charge on any atom is 0.251 e. The minimum absolute atomic E-state index is 0.0411. The van der Waals surface area contributed by atoms with Gasteiger partial charge in [-0.2, -0.15) is 0 Å². The second kappa shape index (κ2) is 10.1. The molecule has 4 aromatic rings. The number of aromatic nitrogens is 1. The number of rotatable bonds is 9. The largest absolute Gasteiger partial charge is 0.497 e. The topological polar surface area (TPSA) is 72.6 Å². The zero-order valence-electron chi connectivity index (χ0n) is 19.1. The summed E-state index contributed by atoms with van der Waals surface area (Å²) in [5.41, 5.74) is 3.80. The highest BCUT2D eigenvalue weighted by Gasteiger charge is 2.20. The van der Waals surface area contributed by atoms with E-state index in [1.54, 1.807) is 32.4 Å². The first-order valence-electron chi connectivity index (χ1n) is 10.9. The number of hydrogen-bond acceptors (Lipinski definition) is 4. The Morgan fingerprint density at radius 2 is 1.76 bits per heavy atom. The van der Waals surface area contributed by atoms with Crippen molar-refractivity contribution in [2.45, 2.75) is 12.8 Å². The fourth-order valence-corrected chi connectivity index (χ4v) is 4.01. The third-order valence-electron chi connectivity index (χ3n) is 5.71. The van der Waals surface area contributed by atoms with Crippen molar-refractivity contribution in [1.29, 1.82) is 0 Å². The average molecular weight is 445 g/mol. The summed E-state index contributed by atoms with van der Waals surface area (Å²) < 4.78 is 16.3. The molecular formula is C27H28N2O4. The Labute approximate surface area is 193 Å². The first-order valence-corrected chi connectivity index (χ1v) is 10.9. The Balaban J connectivity index is 1.62. The van der Waals surface area contributed by atoms with Gasteiger partial charge in [-0.25, -0.2) is 0 Å². The molecule has 0 bridgehead atoms. The second-order valence-electron chi connectivity index (χ2n) is 7.62. The van der Waals surface area contributed by atoms with Gasteiger partial charge in [0, 0.05) is 35.1 Å². The summed E-state index contributed by atoms with van der Waals surface area (Å²) in [7, 11) is 3.23. The number of carbonyl (C=O) groups excluding carboxylic acids is 1. The highest BCUT2D eigenvalue weighted by molar-refractivity contribution is 5.95. The summed E-state index contributed by atoms with van der Waals surface area (Å²) in [5, 5.41) is 4.24. The number of benzene rings is 3. The van der Waals surface area contributed by atoms with Crippen LogP contribution in [0.2, 0.25) is 0 Å². The molecule has 1 unspecified atom stereocenters. The van der Waals surface area contributed by atoms with Gasteiger partial charge in [-0.15, -0.1) is 0 Å². The number of fused-ring (bicyclic) bond motifs is 1. The van der Waals surface area contributed by atoms with Crippen LogP contribution in [-0.4, -0.2) is 38.3 Å². The molecule has 0 aliphatic heterocycles. The van der Waals surface area contributed by atoms with E-state index < -0.39 is 0 Å². The summed E-state index contributed by atoms with van der Waals surface area (Å²) >= 11 is 0. The van der Waals surface area contributed by atoms with E-state index in [1.165, 1.54) is 0 Å².